The molecular weight excluding hydrogens is 358 g/mol. The van der Waals surface area contributed by atoms with Crippen LogP contribution in [0.15, 0.2) is 48.5 Å². The zero-order chi connectivity index (χ0) is 21.9. The van der Waals surface area contributed by atoms with Gasteiger partial charge in [0, 0.05) is 5.56 Å². The van der Waals surface area contributed by atoms with Gasteiger partial charge >= 0.3 is 0 Å². The highest BCUT2D eigenvalue weighted by atomic mass is 16.5. The molecule has 1 unspecified atom stereocenters. The summed E-state index contributed by atoms with van der Waals surface area (Å²) in [4.78, 5) is 0. The lowest BCUT2D eigenvalue weighted by Gasteiger charge is -2.32. The minimum Gasteiger partial charge on any atom is -0.490 e. The minimum absolute atomic E-state index is 0.0236. The van der Waals surface area contributed by atoms with E-state index in [-0.39, 0.29) is 10.8 Å². The average Bonchev–Trinajstić information content (AvgIpc) is 2.58. The first kappa shape index (κ1) is 23.4. The highest BCUT2D eigenvalue weighted by molar-refractivity contribution is 5.43. The van der Waals surface area contributed by atoms with Gasteiger partial charge in [0.1, 0.15) is 31.5 Å². The van der Waals surface area contributed by atoms with Crippen molar-refractivity contribution in [1.82, 2.24) is 0 Å². The number of hydrogen-bond acceptors (Lipinski definition) is 2. The van der Waals surface area contributed by atoms with E-state index >= 15 is 0 Å². The summed E-state index contributed by atoms with van der Waals surface area (Å²) in [5.74, 6) is 0.873. The predicted octanol–water partition coefficient (Wildman–Crippen LogP) is 5.30. The minimum atomic E-state index is -0.524. The number of ether oxygens (including phenoxy) is 1. The van der Waals surface area contributed by atoms with Gasteiger partial charge in [0.25, 0.3) is 0 Å². The second kappa shape index (κ2) is 8.89. The first-order valence-electron chi connectivity index (χ1n) is 10.6. The third kappa shape index (κ3) is 7.17. The summed E-state index contributed by atoms with van der Waals surface area (Å²) in [7, 11) is 4.30. The lowest BCUT2D eigenvalue weighted by atomic mass is 9.80. The molecule has 3 heteroatoms. The Hall–Kier alpha value is -1.84. The molecule has 0 radical (unpaired) electrons. The maximum Gasteiger partial charge on any atom is 0.137 e. The lowest BCUT2D eigenvalue weighted by molar-refractivity contribution is -0.906. The maximum atomic E-state index is 10.7. The van der Waals surface area contributed by atoms with Crippen molar-refractivity contribution in [1.29, 1.82) is 0 Å². The van der Waals surface area contributed by atoms with Crippen LogP contribution in [0.2, 0.25) is 0 Å². The number of hydrogen-bond donors (Lipinski definition) is 1. The van der Waals surface area contributed by atoms with Crippen LogP contribution < -0.4 is 4.74 Å². The zero-order valence-corrected chi connectivity index (χ0v) is 19.6. The van der Waals surface area contributed by atoms with E-state index in [1.54, 1.807) is 0 Å². The number of aliphatic hydroxyl groups is 1. The molecule has 2 rings (SSSR count). The van der Waals surface area contributed by atoms with Gasteiger partial charge in [-0.1, -0.05) is 84.0 Å². The lowest BCUT2D eigenvalue weighted by Crippen LogP contribution is -2.46. The Balaban J connectivity index is 2.06. The Morgan fingerprint density at radius 1 is 0.897 bits per heavy atom. The molecule has 0 aliphatic heterocycles. The number of quaternary nitrogens is 1. The molecule has 160 valence electrons. The average molecular weight is 399 g/mol. The second-order valence-electron chi connectivity index (χ2n) is 10.9. The number of rotatable bonds is 7. The van der Waals surface area contributed by atoms with Crippen LogP contribution in [0.1, 0.15) is 58.2 Å². The number of nitrogens with zero attached hydrogens (tertiary/aromatic N) is 1. The van der Waals surface area contributed by atoms with Crippen LogP contribution in [0.4, 0.5) is 0 Å². The molecule has 1 atom stereocenters. The molecule has 0 aromatic heterocycles. The summed E-state index contributed by atoms with van der Waals surface area (Å²) in [5, 5.41) is 10.7. The molecule has 1 N–H and O–H groups in total. The highest BCUT2D eigenvalue weighted by Crippen LogP contribution is 2.35. The van der Waals surface area contributed by atoms with Gasteiger partial charge in [-0.2, -0.15) is 0 Å². The maximum absolute atomic E-state index is 10.7. The van der Waals surface area contributed by atoms with Crippen LogP contribution >= 0.6 is 0 Å². The Bertz CT molecular complexity index is 783. The van der Waals surface area contributed by atoms with Gasteiger partial charge in [0.15, 0.2) is 0 Å². The summed E-state index contributed by atoms with van der Waals surface area (Å²) in [5.41, 5.74) is 3.84. The SMILES string of the molecule is CC(C)(C)c1ccc(OCC(O)C[N+](C)(C)Cc2ccccc2)c(C(C)(C)C)c1. The Labute approximate surface area is 177 Å². The first-order valence-corrected chi connectivity index (χ1v) is 10.6. The predicted molar refractivity (Wildman–Crippen MR) is 122 cm³/mol. The van der Waals surface area contributed by atoms with E-state index in [0.717, 1.165) is 12.3 Å². The highest BCUT2D eigenvalue weighted by Gasteiger charge is 2.25. The van der Waals surface area contributed by atoms with Crippen LogP contribution in [0.5, 0.6) is 5.75 Å². The summed E-state index contributed by atoms with van der Waals surface area (Å²) in [6.45, 7) is 15.1. The molecule has 0 heterocycles. The van der Waals surface area contributed by atoms with E-state index in [9.17, 15) is 5.11 Å². The number of benzene rings is 2. The fraction of sp³-hybridized carbons (Fsp3) is 0.538. The van der Waals surface area contributed by atoms with Gasteiger partial charge in [-0.05, 0) is 28.0 Å². The molecule has 0 saturated heterocycles. The molecule has 3 nitrogen and oxygen atoms in total. The molecule has 0 spiro atoms. The van der Waals surface area contributed by atoms with E-state index in [2.05, 4.69) is 98.1 Å². The summed E-state index contributed by atoms with van der Waals surface area (Å²) in [6, 6.07) is 16.9. The van der Waals surface area contributed by atoms with E-state index < -0.39 is 6.10 Å². The fourth-order valence-electron chi connectivity index (χ4n) is 3.66. The molecule has 0 saturated carbocycles. The van der Waals surface area contributed by atoms with Crippen molar-refractivity contribution in [2.75, 3.05) is 27.2 Å². The monoisotopic (exact) mass is 398 g/mol. The van der Waals surface area contributed by atoms with Crippen LogP contribution in [0.25, 0.3) is 0 Å². The largest absolute Gasteiger partial charge is 0.490 e. The van der Waals surface area contributed by atoms with Crippen molar-refractivity contribution in [2.45, 2.75) is 65.0 Å². The van der Waals surface area contributed by atoms with Crippen molar-refractivity contribution >= 4 is 0 Å². The van der Waals surface area contributed by atoms with Gasteiger partial charge in [0.2, 0.25) is 0 Å². The molecule has 0 aliphatic rings. The van der Waals surface area contributed by atoms with Gasteiger partial charge in [0.05, 0.1) is 14.1 Å². The molecule has 29 heavy (non-hydrogen) atoms. The number of aliphatic hydroxyl groups excluding tert-OH is 1. The molecule has 0 amide bonds. The van der Waals surface area contributed by atoms with E-state index in [4.69, 9.17) is 4.74 Å². The summed E-state index contributed by atoms with van der Waals surface area (Å²) < 4.78 is 6.84. The molecule has 0 bridgehead atoms. The van der Waals surface area contributed by atoms with Crippen LogP contribution in [-0.4, -0.2) is 42.9 Å². The third-order valence-corrected chi connectivity index (χ3v) is 5.24. The van der Waals surface area contributed by atoms with Crippen LogP contribution in [0, 0.1) is 0 Å². The summed E-state index contributed by atoms with van der Waals surface area (Å²) in [6.07, 6.45) is -0.524. The van der Waals surface area contributed by atoms with Gasteiger partial charge in [-0.15, -0.1) is 0 Å². The van der Waals surface area contributed by atoms with Gasteiger partial charge < -0.3 is 14.3 Å². The van der Waals surface area contributed by atoms with Crippen molar-refractivity contribution in [2.24, 2.45) is 0 Å². The van der Waals surface area contributed by atoms with Crippen molar-refractivity contribution in [3.8, 4) is 5.75 Å². The van der Waals surface area contributed by atoms with Crippen LogP contribution in [-0.2, 0) is 17.4 Å². The fourth-order valence-corrected chi connectivity index (χ4v) is 3.66. The Morgan fingerprint density at radius 3 is 2.07 bits per heavy atom. The van der Waals surface area contributed by atoms with E-state index in [0.29, 0.717) is 17.6 Å². The van der Waals surface area contributed by atoms with Gasteiger partial charge in [-0.25, -0.2) is 0 Å². The quantitative estimate of drug-likeness (QED) is 0.642. The standard InChI is InChI=1S/C26H40NO2/c1-25(2,3)21-14-15-24(23(16-21)26(4,5)6)29-19-22(28)18-27(7,8)17-20-12-10-9-11-13-20/h9-16,22,28H,17-19H2,1-8H3/q+1. The molecular formula is C26H40NO2+. The van der Waals surface area contributed by atoms with Crippen LogP contribution in [0.3, 0.4) is 0 Å². The Morgan fingerprint density at radius 2 is 1.52 bits per heavy atom. The smallest absolute Gasteiger partial charge is 0.137 e. The second-order valence-corrected chi connectivity index (χ2v) is 10.9. The molecule has 0 fully saturated rings. The van der Waals surface area contributed by atoms with E-state index in [1.807, 2.05) is 6.07 Å². The van der Waals surface area contributed by atoms with Crippen molar-refractivity contribution < 1.29 is 14.3 Å². The Kier molecular flexibility index (Phi) is 7.19. The van der Waals surface area contributed by atoms with Gasteiger partial charge in [-0.3, -0.25) is 0 Å². The molecule has 0 aliphatic carbocycles. The first-order chi connectivity index (χ1) is 13.3. The van der Waals surface area contributed by atoms with Crippen molar-refractivity contribution in [3.63, 3.8) is 0 Å². The van der Waals surface area contributed by atoms with Crippen molar-refractivity contribution in [3.05, 3.63) is 65.2 Å². The summed E-state index contributed by atoms with van der Waals surface area (Å²) >= 11 is 0. The zero-order valence-electron chi connectivity index (χ0n) is 19.6. The molecule has 2 aromatic rings. The third-order valence-electron chi connectivity index (χ3n) is 5.24. The number of likely N-dealkylation sites (N-methyl/N-ethyl adjacent to an activating group) is 1. The normalized spacial score (nSPS) is 14.0. The van der Waals surface area contributed by atoms with E-state index in [1.165, 1.54) is 16.7 Å². The topological polar surface area (TPSA) is 29.5 Å². The molecule has 2 aromatic carbocycles.